The molecule has 4 aromatic carbocycles. The molecule has 1 heteroatoms. The van der Waals surface area contributed by atoms with Crippen molar-refractivity contribution in [3.63, 3.8) is 0 Å². The molecule has 0 amide bonds. The Balaban J connectivity index is 1.75. The van der Waals surface area contributed by atoms with Crippen molar-refractivity contribution in [3.05, 3.63) is 103 Å². The van der Waals surface area contributed by atoms with Gasteiger partial charge in [0.25, 0.3) is 0 Å². The van der Waals surface area contributed by atoms with Crippen LogP contribution in [0.4, 0.5) is 0 Å². The first-order chi connectivity index (χ1) is 14.5. The molecule has 5 aromatic rings. The van der Waals surface area contributed by atoms with Crippen molar-refractivity contribution in [3.8, 4) is 22.4 Å². The van der Waals surface area contributed by atoms with Gasteiger partial charge >= 0.3 is 0 Å². The quantitative estimate of drug-likeness (QED) is 0.279. The Morgan fingerprint density at radius 1 is 0.600 bits per heavy atom. The van der Waals surface area contributed by atoms with Gasteiger partial charge in [0.05, 0.1) is 5.69 Å². The molecule has 0 aliphatic rings. The second kappa shape index (κ2) is 7.11. The van der Waals surface area contributed by atoms with Crippen LogP contribution in [0.5, 0.6) is 0 Å². The van der Waals surface area contributed by atoms with E-state index in [0.717, 1.165) is 11.3 Å². The zero-order valence-electron chi connectivity index (χ0n) is 17.7. The number of nitrogens with zero attached hydrogens (tertiary/aromatic N) is 1. The van der Waals surface area contributed by atoms with Gasteiger partial charge in [0.15, 0.2) is 0 Å². The minimum atomic E-state index is 0.102. The van der Waals surface area contributed by atoms with Crippen LogP contribution >= 0.6 is 0 Å². The van der Waals surface area contributed by atoms with Crippen LogP contribution in [-0.2, 0) is 5.41 Å². The number of rotatable bonds is 2. The first-order valence-electron chi connectivity index (χ1n) is 10.5. The van der Waals surface area contributed by atoms with Crippen molar-refractivity contribution in [1.29, 1.82) is 0 Å². The maximum atomic E-state index is 4.67. The van der Waals surface area contributed by atoms with Gasteiger partial charge in [-0.2, -0.15) is 0 Å². The third-order valence-corrected chi connectivity index (χ3v) is 5.87. The summed E-state index contributed by atoms with van der Waals surface area (Å²) in [7, 11) is 0. The molecule has 0 atom stereocenters. The predicted molar refractivity (Wildman–Crippen MR) is 129 cm³/mol. The zero-order chi connectivity index (χ0) is 20.7. The average molecular weight is 388 g/mol. The van der Waals surface area contributed by atoms with Gasteiger partial charge in [-0.25, -0.2) is 0 Å². The second-order valence-electron chi connectivity index (χ2n) is 8.95. The highest BCUT2D eigenvalue weighted by Gasteiger charge is 2.15. The Morgan fingerprint density at radius 3 is 2.10 bits per heavy atom. The van der Waals surface area contributed by atoms with Crippen LogP contribution in [0.25, 0.3) is 43.9 Å². The molecule has 1 aromatic heterocycles. The number of fused-ring (bicyclic) bond motifs is 3. The molecule has 0 saturated carbocycles. The molecular formula is C29H25N. The fourth-order valence-corrected chi connectivity index (χ4v) is 4.18. The lowest BCUT2D eigenvalue weighted by molar-refractivity contribution is 0.589. The molecule has 0 aliphatic carbocycles. The van der Waals surface area contributed by atoms with Crippen molar-refractivity contribution in [2.24, 2.45) is 0 Å². The summed E-state index contributed by atoms with van der Waals surface area (Å²) in [6.07, 6.45) is 1.93. The normalized spacial score (nSPS) is 11.8. The molecule has 0 bridgehead atoms. The predicted octanol–water partition coefficient (Wildman–Crippen LogP) is 8.02. The molecule has 1 nitrogen and oxygen atoms in total. The summed E-state index contributed by atoms with van der Waals surface area (Å²) < 4.78 is 0. The van der Waals surface area contributed by atoms with Gasteiger partial charge in [0, 0.05) is 11.8 Å². The number of hydrogen-bond acceptors (Lipinski definition) is 1. The van der Waals surface area contributed by atoms with Crippen molar-refractivity contribution < 1.29 is 0 Å². The summed E-state index contributed by atoms with van der Waals surface area (Å²) in [6, 6.07) is 32.7. The van der Waals surface area contributed by atoms with Crippen molar-refractivity contribution in [2.45, 2.75) is 26.2 Å². The van der Waals surface area contributed by atoms with E-state index in [1.807, 2.05) is 6.20 Å². The van der Waals surface area contributed by atoms with Crippen LogP contribution in [0.2, 0.25) is 0 Å². The minimum absolute atomic E-state index is 0.102. The second-order valence-corrected chi connectivity index (χ2v) is 8.95. The Bertz CT molecular complexity index is 1360. The Labute approximate surface area is 178 Å². The monoisotopic (exact) mass is 387 g/mol. The molecule has 0 aliphatic heterocycles. The lowest BCUT2D eigenvalue weighted by Crippen LogP contribution is -2.11. The van der Waals surface area contributed by atoms with E-state index in [1.165, 1.54) is 38.2 Å². The van der Waals surface area contributed by atoms with E-state index in [-0.39, 0.29) is 5.41 Å². The molecular weight excluding hydrogens is 362 g/mol. The standard InChI is InChI=1S/C29H25N/c1-29(2,3)23-15-16-30-28(19-23)21-13-14-24-22(17-21)18-27(20-9-5-4-6-10-20)26-12-8-7-11-25(24)26/h4-19H,1-3H3. The van der Waals surface area contributed by atoms with Crippen LogP contribution in [0.15, 0.2) is 97.2 Å². The summed E-state index contributed by atoms with van der Waals surface area (Å²) in [5.41, 5.74) is 6.10. The van der Waals surface area contributed by atoms with Crippen LogP contribution < -0.4 is 0 Å². The van der Waals surface area contributed by atoms with Gasteiger partial charge in [0.2, 0.25) is 0 Å². The fourth-order valence-electron chi connectivity index (χ4n) is 4.18. The average Bonchev–Trinajstić information content (AvgIpc) is 2.78. The number of pyridine rings is 1. The highest BCUT2D eigenvalue weighted by molar-refractivity contribution is 6.14. The van der Waals surface area contributed by atoms with E-state index in [0.29, 0.717) is 0 Å². The minimum Gasteiger partial charge on any atom is -0.256 e. The number of hydrogen-bond donors (Lipinski definition) is 0. The molecule has 0 fully saturated rings. The highest BCUT2D eigenvalue weighted by Crippen LogP contribution is 2.36. The summed E-state index contributed by atoms with van der Waals surface area (Å²) >= 11 is 0. The molecule has 0 N–H and O–H groups in total. The van der Waals surface area contributed by atoms with Gasteiger partial charge in [-0.05, 0) is 67.9 Å². The summed E-state index contributed by atoms with van der Waals surface area (Å²) in [6.45, 7) is 6.72. The molecule has 0 unspecified atom stereocenters. The van der Waals surface area contributed by atoms with E-state index >= 15 is 0 Å². The third kappa shape index (κ3) is 3.27. The lowest BCUT2D eigenvalue weighted by Gasteiger charge is -2.19. The SMILES string of the molecule is CC(C)(C)c1ccnc(-c2ccc3c(c2)cc(-c2ccccc2)c2ccccc23)c1. The summed E-state index contributed by atoms with van der Waals surface area (Å²) in [5.74, 6) is 0. The van der Waals surface area contributed by atoms with Crippen molar-refractivity contribution >= 4 is 21.5 Å². The molecule has 146 valence electrons. The lowest BCUT2D eigenvalue weighted by atomic mass is 9.86. The van der Waals surface area contributed by atoms with Crippen LogP contribution in [0.3, 0.4) is 0 Å². The van der Waals surface area contributed by atoms with Crippen LogP contribution in [-0.4, -0.2) is 4.98 Å². The first kappa shape index (κ1) is 18.6. The number of benzene rings is 4. The van der Waals surface area contributed by atoms with Gasteiger partial charge < -0.3 is 0 Å². The van der Waals surface area contributed by atoms with E-state index in [1.54, 1.807) is 0 Å². The van der Waals surface area contributed by atoms with Crippen molar-refractivity contribution in [1.82, 2.24) is 4.98 Å². The third-order valence-electron chi connectivity index (χ3n) is 5.87. The summed E-state index contributed by atoms with van der Waals surface area (Å²) in [5, 5.41) is 5.10. The van der Waals surface area contributed by atoms with Gasteiger partial charge in [-0.15, -0.1) is 0 Å². The zero-order valence-corrected chi connectivity index (χ0v) is 17.7. The first-order valence-corrected chi connectivity index (χ1v) is 10.5. The smallest absolute Gasteiger partial charge is 0.0705 e. The largest absolute Gasteiger partial charge is 0.256 e. The van der Waals surface area contributed by atoms with Crippen LogP contribution in [0.1, 0.15) is 26.3 Å². The van der Waals surface area contributed by atoms with Crippen molar-refractivity contribution in [2.75, 3.05) is 0 Å². The summed E-state index contributed by atoms with van der Waals surface area (Å²) in [4.78, 5) is 4.67. The Hall–Kier alpha value is -3.45. The highest BCUT2D eigenvalue weighted by atomic mass is 14.7. The molecule has 5 rings (SSSR count). The molecule has 0 saturated heterocycles. The fraction of sp³-hybridized carbons (Fsp3) is 0.138. The Morgan fingerprint density at radius 2 is 1.33 bits per heavy atom. The maximum absolute atomic E-state index is 4.67. The molecule has 0 radical (unpaired) electrons. The van der Waals surface area contributed by atoms with Gasteiger partial charge in [0.1, 0.15) is 0 Å². The molecule has 1 heterocycles. The molecule has 0 spiro atoms. The Kier molecular flexibility index (Phi) is 4.40. The van der Waals surface area contributed by atoms with E-state index < -0.39 is 0 Å². The van der Waals surface area contributed by atoms with E-state index in [4.69, 9.17) is 0 Å². The van der Waals surface area contributed by atoms with Gasteiger partial charge in [-0.3, -0.25) is 4.98 Å². The van der Waals surface area contributed by atoms with E-state index in [9.17, 15) is 0 Å². The molecule has 30 heavy (non-hydrogen) atoms. The number of aromatic nitrogens is 1. The van der Waals surface area contributed by atoms with Crippen LogP contribution in [0, 0.1) is 0 Å². The van der Waals surface area contributed by atoms with Gasteiger partial charge in [-0.1, -0.05) is 87.5 Å². The maximum Gasteiger partial charge on any atom is 0.0705 e. The topological polar surface area (TPSA) is 12.9 Å². The van der Waals surface area contributed by atoms with E-state index in [2.05, 4.69) is 117 Å².